The van der Waals surface area contributed by atoms with Gasteiger partial charge < -0.3 is 4.98 Å². The first-order chi connectivity index (χ1) is 8.83. The van der Waals surface area contributed by atoms with Gasteiger partial charge in [0.1, 0.15) is 5.82 Å². The van der Waals surface area contributed by atoms with Crippen molar-refractivity contribution in [2.75, 3.05) is 0 Å². The predicted octanol–water partition coefficient (Wildman–Crippen LogP) is 3.16. The number of fused-ring (bicyclic) bond motifs is 1. The molecule has 1 N–H and O–H groups in total. The first-order valence-electron chi connectivity index (χ1n) is 5.52. The fourth-order valence-electron chi connectivity index (χ4n) is 1.73. The van der Waals surface area contributed by atoms with Crippen LogP contribution < -0.4 is 5.56 Å². The highest BCUT2D eigenvalue weighted by atomic mass is 32.1. The molecule has 0 aliphatic heterocycles. The molecule has 0 spiro atoms. The van der Waals surface area contributed by atoms with Gasteiger partial charge in [0.05, 0.1) is 10.9 Å². The van der Waals surface area contributed by atoms with Gasteiger partial charge in [0.15, 0.2) is 0 Å². The number of thiophene rings is 1. The fourth-order valence-corrected chi connectivity index (χ4v) is 2.36. The number of para-hydroxylation sites is 1. The largest absolute Gasteiger partial charge is 0.306 e. The molecule has 2 aromatic heterocycles. The molecule has 4 heteroatoms. The van der Waals surface area contributed by atoms with Crippen LogP contribution >= 0.6 is 11.3 Å². The summed E-state index contributed by atoms with van der Waals surface area (Å²) in [7, 11) is 0. The summed E-state index contributed by atoms with van der Waals surface area (Å²) in [5, 5.41) is 4.66. The number of H-pyrrole nitrogens is 1. The number of hydrogen-bond acceptors (Lipinski definition) is 3. The van der Waals surface area contributed by atoms with Crippen LogP contribution in [-0.2, 0) is 0 Å². The molecule has 1 aromatic carbocycles. The lowest BCUT2D eigenvalue weighted by Crippen LogP contribution is -2.09. The van der Waals surface area contributed by atoms with Crippen LogP contribution in [-0.4, -0.2) is 9.97 Å². The summed E-state index contributed by atoms with van der Waals surface area (Å²) in [4.78, 5) is 19.0. The highest BCUT2D eigenvalue weighted by Crippen LogP contribution is 2.10. The number of aromatic nitrogens is 2. The third-order valence-corrected chi connectivity index (χ3v) is 3.31. The minimum atomic E-state index is -0.106. The topological polar surface area (TPSA) is 45.8 Å². The van der Waals surface area contributed by atoms with Crippen molar-refractivity contribution in [1.29, 1.82) is 0 Å². The lowest BCUT2D eigenvalue weighted by Gasteiger charge is -1.97. The van der Waals surface area contributed by atoms with E-state index in [-0.39, 0.29) is 5.56 Å². The van der Waals surface area contributed by atoms with Gasteiger partial charge in [0, 0.05) is 0 Å². The van der Waals surface area contributed by atoms with Crippen LogP contribution in [0.4, 0.5) is 0 Å². The number of nitrogens with one attached hydrogen (secondary N) is 1. The van der Waals surface area contributed by atoms with Gasteiger partial charge >= 0.3 is 0 Å². The molecule has 88 valence electrons. The molecule has 0 unspecified atom stereocenters. The summed E-state index contributed by atoms with van der Waals surface area (Å²) in [5.41, 5.74) is 1.72. The van der Waals surface area contributed by atoms with E-state index in [1.54, 1.807) is 17.4 Å². The average molecular weight is 254 g/mol. The molecule has 3 rings (SSSR count). The Morgan fingerprint density at radius 1 is 1.17 bits per heavy atom. The Kier molecular flexibility index (Phi) is 2.78. The molecular weight excluding hydrogens is 244 g/mol. The Labute approximate surface area is 107 Å². The first-order valence-corrected chi connectivity index (χ1v) is 6.46. The Balaban J connectivity index is 2.06. The third-order valence-electron chi connectivity index (χ3n) is 2.61. The maximum atomic E-state index is 11.8. The summed E-state index contributed by atoms with van der Waals surface area (Å²) in [6, 6.07) is 9.33. The van der Waals surface area contributed by atoms with Crippen LogP contribution in [0.2, 0.25) is 0 Å². The second-order valence-corrected chi connectivity index (χ2v) is 4.64. The molecule has 0 aliphatic carbocycles. The average Bonchev–Trinajstić information content (AvgIpc) is 2.90. The quantitative estimate of drug-likeness (QED) is 0.763. The van der Waals surface area contributed by atoms with Crippen molar-refractivity contribution >= 4 is 34.4 Å². The van der Waals surface area contributed by atoms with E-state index < -0.39 is 0 Å². The second kappa shape index (κ2) is 4.58. The van der Waals surface area contributed by atoms with E-state index in [9.17, 15) is 4.79 Å². The number of aromatic amines is 1. The maximum Gasteiger partial charge on any atom is 0.259 e. The van der Waals surface area contributed by atoms with Crippen LogP contribution in [0.3, 0.4) is 0 Å². The second-order valence-electron chi connectivity index (χ2n) is 3.86. The lowest BCUT2D eigenvalue weighted by atomic mass is 10.2. The molecule has 0 atom stereocenters. The summed E-state index contributed by atoms with van der Waals surface area (Å²) < 4.78 is 0. The van der Waals surface area contributed by atoms with Gasteiger partial charge in [-0.3, -0.25) is 4.79 Å². The fraction of sp³-hybridized carbons (Fsp3) is 0. The minimum Gasteiger partial charge on any atom is -0.306 e. The monoisotopic (exact) mass is 254 g/mol. The zero-order valence-electron chi connectivity index (χ0n) is 9.46. The van der Waals surface area contributed by atoms with Crippen molar-refractivity contribution in [2.24, 2.45) is 0 Å². The van der Waals surface area contributed by atoms with E-state index in [0.29, 0.717) is 16.7 Å². The van der Waals surface area contributed by atoms with Crippen LogP contribution in [0.15, 0.2) is 45.9 Å². The molecule has 0 amide bonds. The number of hydrogen-bond donors (Lipinski definition) is 1. The molecular formula is C14H10N2OS. The van der Waals surface area contributed by atoms with E-state index in [1.165, 1.54) is 0 Å². The molecule has 3 aromatic rings. The van der Waals surface area contributed by atoms with Crippen LogP contribution in [0.1, 0.15) is 11.4 Å². The van der Waals surface area contributed by atoms with Gasteiger partial charge in [-0.25, -0.2) is 4.98 Å². The predicted molar refractivity (Wildman–Crippen MR) is 75.6 cm³/mol. The van der Waals surface area contributed by atoms with Crippen molar-refractivity contribution in [3.63, 3.8) is 0 Å². The molecule has 3 nitrogen and oxygen atoms in total. The smallest absolute Gasteiger partial charge is 0.259 e. The van der Waals surface area contributed by atoms with Gasteiger partial charge in [0.25, 0.3) is 5.56 Å². The molecule has 0 saturated carbocycles. The van der Waals surface area contributed by atoms with E-state index in [0.717, 1.165) is 5.56 Å². The van der Waals surface area contributed by atoms with Crippen molar-refractivity contribution in [3.8, 4) is 0 Å². The van der Waals surface area contributed by atoms with E-state index in [2.05, 4.69) is 9.97 Å². The minimum absolute atomic E-state index is 0.106. The Bertz CT molecular complexity index is 757. The van der Waals surface area contributed by atoms with Crippen molar-refractivity contribution < 1.29 is 0 Å². The Morgan fingerprint density at radius 3 is 2.89 bits per heavy atom. The summed E-state index contributed by atoms with van der Waals surface area (Å²) in [5.74, 6) is 0.574. The number of rotatable bonds is 2. The van der Waals surface area contributed by atoms with Crippen molar-refractivity contribution in [1.82, 2.24) is 9.97 Å². The van der Waals surface area contributed by atoms with Gasteiger partial charge in [-0.1, -0.05) is 18.2 Å². The molecule has 0 radical (unpaired) electrons. The van der Waals surface area contributed by atoms with E-state index >= 15 is 0 Å². The number of nitrogens with zero attached hydrogens (tertiary/aromatic N) is 1. The third kappa shape index (κ3) is 2.10. The standard InChI is InChI=1S/C14H10N2OS/c17-14-11-3-1-2-4-12(11)15-13(16-14)6-5-10-7-8-18-9-10/h1-9H,(H,15,16,17)/b6-5+. The van der Waals surface area contributed by atoms with Gasteiger partial charge in [-0.15, -0.1) is 0 Å². The van der Waals surface area contributed by atoms with Crippen LogP contribution in [0.25, 0.3) is 23.1 Å². The SMILES string of the molecule is O=c1[nH]c(/C=C/c2ccsc2)nc2ccccc12. The molecule has 0 bridgehead atoms. The van der Waals surface area contributed by atoms with Crippen LogP contribution in [0, 0.1) is 0 Å². The zero-order valence-corrected chi connectivity index (χ0v) is 10.3. The van der Waals surface area contributed by atoms with Crippen molar-refractivity contribution in [2.45, 2.75) is 0 Å². The normalized spacial score (nSPS) is 11.3. The number of benzene rings is 1. The molecule has 0 fully saturated rings. The summed E-state index contributed by atoms with van der Waals surface area (Å²) >= 11 is 1.64. The molecule has 2 heterocycles. The van der Waals surface area contributed by atoms with Gasteiger partial charge in [0.2, 0.25) is 0 Å². The highest BCUT2D eigenvalue weighted by molar-refractivity contribution is 7.08. The van der Waals surface area contributed by atoms with Gasteiger partial charge in [-0.05, 0) is 40.6 Å². The Hall–Kier alpha value is -2.20. The van der Waals surface area contributed by atoms with Crippen molar-refractivity contribution in [3.05, 3.63) is 62.8 Å². The van der Waals surface area contributed by atoms with E-state index in [4.69, 9.17) is 0 Å². The van der Waals surface area contributed by atoms with E-state index in [1.807, 2.05) is 47.2 Å². The van der Waals surface area contributed by atoms with Gasteiger partial charge in [-0.2, -0.15) is 11.3 Å². The zero-order chi connectivity index (χ0) is 12.4. The van der Waals surface area contributed by atoms with Crippen LogP contribution in [0.5, 0.6) is 0 Å². The molecule has 0 saturated heterocycles. The molecule has 18 heavy (non-hydrogen) atoms. The summed E-state index contributed by atoms with van der Waals surface area (Å²) in [6.07, 6.45) is 3.75. The summed E-state index contributed by atoms with van der Waals surface area (Å²) in [6.45, 7) is 0. The lowest BCUT2D eigenvalue weighted by molar-refractivity contribution is 1.14. The highest BCUT2D eigenvalue weighted by Gasteiger charge is 2.00. The first kappa shape index (κ1) is 10.9. The maximum absolute atomic E-state index is 11.8. The molecule has 0 aliphatic rings. The Morgan fingerprint density at radius 2 is 2.06 bits per heavy atom.